The van der Waals surface area contributed by atoms with E-state index in [4.69, 9.17) is 15.2 Å². The number of carbonyl (C=O) groups excluding carboxylic acids is 1. The first-order valence-corrected chi connectivity index (χ1v) is 10.7. The number of rotatable bonds is 5. The molecule has 3 N–H and O–H groups in total. The predicted octanol–water partition coefficient (Wildman–Crippen LogP) is 1.13. The normalized spacial score (nSPS) is 22.9. The van der Waals surface area contributed by atoms with Crippen LogP contribution in [0.25, 0.3) is 0 Å². The van der Waals surface area contributed by atoms with Crippen LogP contribution in [-0.2, 0) is 14.8 Å². The summed E-state index contributed by atoms with van der Waals surface area (Å²) in [7, 11) is -3.87. The minimum atomic E-state index is -3.87. The maximum Gasteiger partial charge on any atom is 0.241 e. The van der Waals surface area contributed by atoms with E-state index < -0.39 is 16.1 Å². The summed E-state index contributed by atoms with van der Waals surface area (Å²) < 4.78 is 39.0. The molecule has 1 aromatic rings. The molecule has 3 rings (SSSR count). The smallest absolute Gasteiger partial charge is 0.241 e. The molecule has 0 bridgehead atoms. The van der Waals surface area contributed by atoms with Gasteiger partial charge < -0.3 is 20.1 Å². The number of carbonyl (C=O) groups is 1. The Morgan fingerprint density at radius 3 is 2.64 bits per heavy atom. The summed E-state index contributed by atoms with van der Waals surface area (Å²) in [4.78, 5) is 14.5. The average molecular weight is 434 g/mol. The first-order valence-electron chi connectivity index (χ1n) is 9.24. The molecule has 1 saturated heterocycles. The topological polar surface area (TPSA) is 111 Å². The lowest BCUT2D eigenvalue weighted by molar-refractivity contribution is -0.133. The number of fused-ring (bicyclic) bond motifs is 1. The van der Waals surface area contributed by atoms with E-state index in [0.717, 1.165) is 12.8 Å². The van der Waals surface area contributed by atoms with Gasteiger partial charge in [0.1, 0.15) is 0 Å². The standard InChI is InChI=1S/C18H27N3O5S.ClH/c1-12-8-14(10-19)11-21(12)18(22)13(2)20-27(23,24)15-4-5-16-17(9-15)26-7-3-6-25-16;/h4-5,9,12-14,20H,3,6-8,10-11,19H2,1-2H3;1H. The Morgan fingerprint density at radius 1 is 1.32 bits per heavy atom. The minimum Gasteiger partial charge on any atom is -0.490 e. The zero-order chi connectivity index (χ0) is 19.6. The third kappa shape index (κ3) is 4.89. The molecule has 3 unspecified atom stereocenters. The highest BCUT2D eigenvalue weighted by molar-refractivity contribution is 7.89. The molecule has 1 amide bonds. The molecular formula is C18H28ClN3O5S. The van der Waals surface area contributed by atoms with Gasteiger partial charge >= 0.3 is 0 Å². The van der Waals surface area contributed by atoms with Gasteiger partial charge in [-0.2, -0.15) is 4.72 Å². The van der Waals surface area contributed by atoms with Crippen molar-refractivity contribution >= 4 is 28.3 Å². The maximum absolute atomic E-state index is 12.7. The van der Waals surface area contributed by atoms with Gasteiger partial charge in [0.25, 0.3) is 0 Å². The molecule has 2 aliphatic heterocycles. The number of benzene rings is 1. The fourth-order valence-electron chi connectivity index (χ4n) is 3.53. The van der Waals surface area contributed by atoms with Gasteiger partial charge in [0.2, 0.25) is 15.9 Å². The van der Waals surface area contributed by atoms with E-state index in [2.05, 4.69) is 4.72 Å². The third-order valence-electron chi connectivity index (χ3n) is 5.01. The van der Waals surface area contributed by atoms with Crippen LogP contribution in [0.5, 0.6) is 11.5 Å². The Labute approximate surface area is 172 Å². The summed E-state index contributed by atoms with van der Waals surface area (Å²) in [6.45, 7) is 5.59. The second-order valence-electron chi connectivity index (χ2n) is 7.18. The number of ether oxygens (including phenoxy) is 2. The van der Waals surface area contributed by atoms with Gasteiger partial charge in [-0.25, -0.2) is 8.42 Å². The quantitative estimate of drug-likeness (QED) is 0.720. The third-order valence-corrected chi connectivity index (χ3v) is 6.55. The number of amides is 1. The summed E-state index contributed by atoms with van der Waals surface area (Å²) in [5.74, 6) is 0.938. The first-order chi connectivity index (χ1) is 12.8. The number of hydrogen-bond donors (Lipinski definition) is 2. The van der Waals surface area contributed by atoms with Crippen LogP contribution >= 0.6 is 12.4 Å². The van der Waals surface area contributed by atoms with Gasteiger partial charge in [0, 0.05) is 25.1 Å². The number of nitrogens with one attached hydrogen (secondary N) is 1. The van der Waals surface area contributed by atoms with Crippen molar-refractivity contribution in [2.45, 2.75) is 43.7 Å². The highest BCUT2D eigenvalue weighted by Crippen LogP contribution is 2.32. The van der Waals surface area contributed by atoms with E-state index in [-0.39, 0.29) is 35.2 Å². The van der Waals surface area contributed by atoms with Crippen molar-refractivity contribution in [3.63, 3.8) is 0 Å². The summed E-state index contributed by atoms with van der Waals surface area (Å²) in [6.07, 6.45) is 1.57. The first kappa shape index (κ1) is 22.7. The van der Waals surface area contributed by atoms with Gasteiger partial charge in [-0.15, -0.1) is 12.4 Å². The van der Waals surface area contributed by atoms with E-state index in [0.29, 0.717) is 37.8 Å². The lowest BCUT2D eigenvalue weighted by Crippen LogP contribution is -2.48. The van der Waals surface area contributed by atoms with Gasteiger partial charge in [-0.3, -0.25) is 4.79 Å². The number of nitrogens with two attached hydrogens (primary N) is 1. The highest BCUT2D eigenvalue weighted by atomic mass is 35.5. The Bertz CT molecular complexity index is 804. The molecule has 1 fully saturated rings. The molecule has 0 saturated carbocycles. The maximum atomic E-state index is 12.7. The van der Waals surface area contributed by atoms with E-state index in [1.165, 1.54) is 12.1 Å². The molecule has 8 nitrogen and oxygen atoms in total. The van der Waals surface area contributed by atoms with Crippen molar-refractivity contribution in [3.8, 4) is 11.5 Å². The van der Waals surface area contributed by atoms with Crippen molar-refractivity contribution in [1.82, 2.24) is 9.62 Å². The van der Waals surface area contributed by atoms with Crippen LogP contribution in [0.2, 0.25) is 0 Å². The second kappa shape index (κ2) is 9.30. The number of nitrogens with zero attached hydrogens (tertiary/aromatic N) is 1. The van der Waals surface area contributed by atoms with E-state index >= 15 is 0 Å². The van der Waals surface area contributed by atoms with Gasteiger partial charge in [0.15, 0.2) is 11.5 Å². The number of sulfonamides is 1. The zero-order valence-electron chi connectivity index (χ0n) is 16.1. The molecule has 0 radical (unpaired) electrons. The summed E-state index contributed by atoms with van der Waals surface area (Å²) >= 11 is 0. The Hall–Kier alpha value is -1.55. The second-order valence-corrected chi connectivity index (χ2v) is 8.89. The Morgan fingerprint density at radius 2 is 2.00 bits per heavy atom. The van der Waals surface area contributed by atoms with Crippen LogP contribution in [0, 0.1) is 5.92 Å². The van der Waals surface area contributed by atoms with Crippen molar-refractivity contribution in [2.75, 3.05) is 26.3 Å². The summed E-state index contributed by atoms with van der Waals surface area (Å²) in [5.41, 5.74) is 5.71. The van der Waals surface area contributed by atoms with Crippen LogP contribution in [-0.4, -0.2) is 57.6 Å². The van der Waals surface area contributed by atoms with Crippen LogP contribution in [0.3, 0.4) is 0 Å². The molecule has 3 atom stereocenters. The van der Waals surface area contributed by atoms with Crippen LogP contribution < -0.4 is 19.9 Å². The van der Waals surface area contributed by atoms with E-state index in [1.54, 1.807) is 17.9 Å². The lowest BCUT2D eigenvalue weighted by atomic mass is 10.1. The number of halogens is 1. The van der Waals surface area contributed by atoms with E-state index in [9.17, 15) is 13.2 Å². The van der Waals surface area contributed by atoms with Gasteiger partial charge in [-0.05, 0) is 44.9 Å². The molecule has 2 aliphatic rings. The zero-order valence-corrected chi connectivity index (χ0v) is 17.7. The van der Waals surface area contributed by atoms with Crippen molar-refractivity contribution in [1.29, 1.82) is 0 Å². The fraction of sp³-hybridized carbons (Fsp3) is 0.611. The molecular weight excluding hydrogens is 406 g/mol. The molecule has 0 spiro atoms. The van der Waals surface area contributed by atoms with Crippen molar-refractivity contribution in [2.24, 2.45) is 11.7 Å². The molecule has 1 aromatic carbocycles. The van der Waals surface area contributed by atoms with Gasteiger partial charge in [-0.1, -0.05) is 0 Å². The van der Waals surface area contributed by atoms with Gasteiger partial charge in [0.05, 0.1) is 24.2 Å². The molecule has 158 valence electrons. The van der Waals surface area contributed by atoms with Crippen LogP contribution in [0.4, 0.5) is 0 Å². The number of likely N-dealkylation sites (tertiary alicyclic amines) is 1. The fourth-order valence-corrected chi connectivity index (χ4v) is 4.74. The largest absolute Gasteiger partial charge is 0.490 e. The van der Waals surface area contributed by atoms with Crippen molar-refractivity contribution < 1.29 is 22.7 Å². The Balaban J connectivity index is 0.00000280. The molecule has 10 heteroatoms. The molecule has 0 aliphatic carbocycles. The SMILES string of the molecule is CC(NS(=O)(=O)c1ccc2c(c1)OCCCO2)C(=O)N1CC(CN)CC1C.Cl. The number of hydrogen-bond acceptors (Lipinski definition) is 6. The van der Waals surface area contributed by atoms with Crippen LogP contribution in [0.15, 0.2) is 23.1 Å². The summed E-state index contributed by atoms with van der Waals surface area (Å²) in [5, 5.41) is 0. The predicted molar refractivity (Wildman–Crippen MR) is 107 cm³/mol. The monoisotopic (exact) mass is 433 g/mol. The Kier molecular flexibility index (Phi) is 7.55. The molecule has 2 heterocycles. The van der Waals surface area contributed by atoms with Crippen LogP contribution in [0.1, 0.15) is 26.7 Å². The van der Waals surface area contributed by atoms with E-state index in [1.807, 2.05) is 6.92 Å². The summed E-state index contributed by atoms with van der Waals surface area (Å²) in [6, 6.07) is 3.65. The lowest BCUT2D eigenvalue weighted by Gasteiger charge is -2.25. The highest BCUT2D eigenvalue weighted by Gasteiger charge is 2.35. The molecule has 28 heavy (non-hydrogen) atoms. The van der Waals surface area contributed by atoms with Crippen molar-refractivity contribution in [3.05, 3.63) is 18.2 Å². The average Bonchev–Trinajstić information content (AvgIpc) is 2.86. The minimum absolute atomic E-state index is 0. The molecule has 0 aromatic heterocycles.